The van der Waals surface area contributed by atoms with Crippen LogP contribution >= 0.6 is 0 Å². The topological polar surface area (TPSA) is 292 Å². The number of hydrogen-bond acceptors (Lipinski definition) is 13. The van der Waals surface area contributed by atoms with Gasteiger partial charge >= 0.3 is 26.7 Å². The third kappa shape index (κ3) is 8.08. The lowest BCUT2D eigenvalue weighted by atomic mass is 9.60. The van der Waals surface area contributed by atoms with Crippen molar-refractivity contribution in [3.63, 3.8) is 0 Å². The van der Waals surface area contributed by atoms with Gasteiger partial charge in [0.25, 0.3) is 12.9 Å². The molecule has 4 unspecified atom stereocenters. The van der Waals surface area contributed by atoms with E-state index in [9.17, 15) is 53.7 Å². The minimum Gasteiger partial charge on any atom is -0.481 e. The van der Waals surface area contributed by atoms with E-state index < -0.39 is 105 Å². The summed E-state index contributed by atoms with van der Waals surface area (Å²) in [5, 5.41) is 32.6. The van der Waals surface area contributed by atoms with Crippen LogP contribution in [-0.2, 0) is 47.8 Å². The van der Waals surface area contributed by atoms with Gasteiger partial charge in [0.1, 0.15) is 5.92 Å². The molecular formula is C23H36N2O16Si. The fraction of sp³-hybridized carbons (Fsp3) is 0.652. The van der Waals surface area contributed by atoms with E-state index in [1.165, 1.54) is 13.8 Å². The Morgan fingerprint density at radius 2 is 1.45 bits per heavy atom. The number of carbonyl (C=O) groups excluding carboxylic acids is 5. The number of rotatable bonds is 21. The highest BCUT2D eigenvalue weighted by Crippen LogP contribution is 2.46. The van der Waals surface area contributed by atoms with E-state index in [4.69, 9.17) is 19.1 Å². The lowest BCUT2D eigenvalue weighted by molar-refractivity contribution is -0.209. The molecule has 0 aliphatic rings. The van der Waals surface area contributed by atoms with Gasteiger partial charge in [0.15, 0.2) is 11.2 Å². The van der Waals surface area contributed by atoms with Crippen LogP contribution in [0.5, 0.6) is 0 Å². The van der Waals surface area contributed by atoms with Crippen LogP contribution in [0.1, 0.15) is 40.5 Å². The summed E-state index contributed by atoms with van der Waals surface area (Å²) in [6.07, 6.45) is -4.10. The molecule has 7 N–H and O–H groups in total. The quantitative estimate of drug-likeness (QED) is 0.0294. The van der Waals surface area contributed by atoms with Crippen LogP contribution in [-0.4, -0.2) is 123 Å². The Balaban J connectivity index is 7.87. The molecule has 0 aromatic heterocycles. The fourth-order valence-electron chi connectivity index (χ4n) is 4.79. The second kappa shape index (κ2) is 15.9. The molecule has 0 aliphatic heterocycles. The number of amides is 2. The van der Waals surface area contributed by atoms with Crippen molar-refractivity contribution >= 4 is 57.3 Å². The van der Waals surface area contributed by atoms with E-state index in [2.05, 4.69) is 10.1 Å². The summed E-state index contributed by atoms with van der Waals surface area (Å²) >= 11 is 0. The predicted octanol–water partition coefficient (Wildman–Crippen LogP) is -2.80. The molecule has 0 fully saturated rings. The van der Waals surface area contributed by atoms with Gasteiger partial charge in [0.05, 0.1) is 5.92 Å². The molecule has 18 nitrogen and oxygen atoms in total. The molecule has 238 valence electrons. The molecule has 0 bridgehead atoms. The van der Waals surface area contributed by atoms with Gasteiger partial charge in [-0.1, -0.05) is 6.92 Å². The van der Waals surface area contributed by atoms with Crippen molar-refractivity contribution in [3.8, 4) is 0 Å². The molecule has 0 saturated carbocycles. The number of carboxylic acids is 3. The van der Waals surface area contributed by atoms with Gasteiger partial charge < -0.3 is 49.4 Å². The van der Waals surface area contributed by atoms with E-state index in [1.807, 2.05) is 0 Å². The molecular weight excluding hydrogens is 588 g/mol. The molecule has 5 atom stereocenters. The number of Topliss-reactive ketones (excluding diaryl/α,β-unsaturated/α-hetero) is 1. The Bertz CT molecular complexity index is 1040. The van der Waals surface area contributed by atoms with Gasteiger partial charge in [-0.05, 0) is 33.6 Å². The van der Waals surface area contributed by atoms with Crippen LogP contribution in [0.3, 0.4) is 0 Å². The highest BCUT2D eigenvalue weighted by atomic mass is 28.4. The number of nitrogens with one attached hydrogen (secondary N) is 1. The molecule has 0 aromatic carbocycles. The normalized spacial score (nSPS) is 16.3. The predicted molar refractivity (Wildman–Crippen MR) is 137 cm³/mol. The van der Waals surface area contributed by atoms with E-state index in [0.29, 0.717) is 6.92 Å². The third-order valence-corrected chi connectivity index (χ3v) is 7.88. The SMILES string of the molecule is CCN(CC)C(=O)C(C(C(=O)O)[C@](CC)(C(=O)O)C(=O)NCCC[Si](O)(O)O)C(OC=O)(C(C)=O)C(OC=O)C(=O)O. The van der Waals surface area contributed by atoms with E-state index in [1.54, 1.807) is 0 Å². The molecule has 0 aliphatic carbocycles. The Kier molecular flexibility index (Phi) is 14.4. The number of aliphatic carboxylic acids is 3. The standard InChI is InChI=1S/C23H36N2O16Si/c1-5-22(21(35)36,20(34)24-9-8-10-42(37,38)39)15(18(30)31)14(17(29)25(6-2)7-3)23(13(4)28,41-12-27)16(19(32)33)40-11-26/h11-12,14-16,37-39H,5-10H2,1-4H3,(H,24,34)(H,30,31)(H,32,33)(H,35,36)/t14?,15?,16?,22-,23?/m0/s1. The maximum atomic E-state index is 14.0. The number of ether oxygens (including phenoxy) is 2. The van der Waals surface area contributed by atoms with Gasteiger partial charge in [-0.25, -0.2) is 4.79 Å². The molecule has 19 heteroatoms. The Hall–Kier alpha value is -3.94. The Labute approximate surface area is 240 Å². The minimum atomic E-state index is -4.57. The zero-order chi connectivity index (χ0) is 33.1. The van der Waals surface area contributed by atoms with E-state index in [0.717, 1.165) is 11.8 Å². The van der Waals surface area contributed by atoms with Crippen LogP contribution in [0.4, 0.5) is 0 Å². The van der Waals surface area contributed by atoms with Crippen LogP contribution in [0.25, 0.3) is 0 Å². The summed E-state index contributed by atoms with van der Waals surface area (Å²) < 4.78 is 9.35. The second-order valence-corrected chi connectivity index (χ2v) is 11.1. The molecule has 0 spiro atoms. The summed E-state index contributed by atoms with van der Waals surface area (Å²) in [6.45, 7) is 2.45. The van der Waals surface area contributed by atoms with Gasteiger partial charge in [0.2, 0.25) is 23.5 Å². The molecule has 0 heterocycles. The summed E-state index contributed by atoms with van der Waals surface area (Å²) in [4.78, 5) is 130. The summed E-state index contributed by atoms with van der Waals surface area (Å²) in [5.41, 5.74) is -6.67. The van der Waals surface area contributed by atoms with Crippen LogP contribution < -0.4 is 5.32 Å². The number of nitrogens with zero attached hydrogens (tertiary/aromatic N) is 1. The number of hydrogen-bond donors (Lipinski definition) is 7. The summed E-state index contributed by atoms with van der Waals surface area (Å²) in [6, 6.07) is -0.602. The van der Waals surface area contributed by atoms with Crippen LogP contribution in [0, 0.1) is 17.3 Å². The maximum Gasteiger partial charge on any atom is 0.492 e. The lowest BCUT2D eigenvalue weighted by Crippen LogP contribution is -2.69. The van der Waals surface area contributed by atoms with Crippen LogP contribution in [0.2, 0.25) is 6.04 Å². The van der Waals surface area contributed by atoms with Gasteiger partial charge in [-0.3, -0.25) is 33.6 Å². The maximum absolute atomic E-state index is 14.0. The lowest BCUT2D eigenvalue weighted by Gasteiger charge is -2.46. The molecule has 0 saturated heterocycles. The Morgan fingerprint density at radius 3 is 1.79 bits per heavy atom. The number of carbonyl (C=O) groups is 8. The van der Waals surface area contributed by atoms with Crippen molar-refractivity contribution in [1.82, 2.24) is 10.2 Å². The van der Waals surface area contributed by atoms with Crippen molar-refractivity contribution in [2.45, 2.75) is 58.3 Å². The third-order valence-electron chi connectivity index (χ3n) is 6.85. The first kappa shape index (κ1) is 38.1. The van der Waals surface area contributed by atoms with Gasteiger partial charge in [-0.2, -0.15) is 0 Å². The first-order valence-corrected chi connectivity index (χ1v) is 14.6. The number of ketones is 1. The summed E-state index contributed by atoms with van der Waals surface area (Å²) in [5.74, 6) is -16.7. The zero-order valence-corrected chi connectivity index (χ0v) is 24.3. The fourth-order valence-corrected chi connectivity index (χ4v) is 5.45. The second-order valence-electron chi connectivity index (χ2n) is 9.08. The van der Waals surface area contributed by atoms with E-state index in [-0.39, 0.29) is 19.5 Å². The molecule has 2 amide bonds. The number of carboxylic acid groups (broad SMARTS) is 3. The zero-order valence-electron chi connectivity index (χ0n) is 23.3. The summed E-state index contributed by atoms with van der Waals surface area (Å²) in [7, 11) is -4.57. The molecule has 42 heavy (non-hydrogen) atoms. The van der Waals surface area contributed by atoms with Crippen molar-refractivity contribution in [1.29, 1.82) is 0 Å². The first-order chi connectivity index (χ1) is 19.4. The average molecular weight is 625 g/mol. The molecule has 0 aromatic rings. The van der Waals surface area contributed by atoms with Crippen LogP contribution in [0.15, 0.2) is 0 Å². The highest BCUT2D eigenvalue weighted by Gasteiger charge is 2.70. The molecule has 0 radical (unpaired) electrons. The van der Waals surface area contributed by atoms with Gasteiger partial charge in [-0.15, -0.1) is 0 Å². The average Bonchev–Trinajstić information content (AvgIpc) is 2.88. The minimum absolute atomic E-state index is 0.215. The van der Waals surface area contributed by atoms with Crippen molar-refractivity contribution in [3.05, 3.63) is 0 Å². The van der Waals surface area contributed by atoms with E-state index >= 15 is 0 Å². The van der Waals surface area contributed by atoms with Crippen molar-refractivity contribution < 1.29 is 77.5 Å². The largest absolute Gasteiger partial charge is 0.492 e. The first-order valence-electron chi connectivity index (χ1n) is 12.6. The van der Waals surface area contributed by atoms with Crippen molar-refractivity contribution in [2.24, 2.45) is 17.3 Å². The van der Waals surface area contributed by atoms with Gasteiger partial charge in [0, 0.05) is 25.7 Å². The Morgan fingerprint density at radius 1 is 0.905 bits per heavy atom. The molecule has 0 rings (SSSR count). The highest BCUT2D eigenvalue weighted by molar-refractivity contribution is 6.56. The smallest absolute Gasteiger partial charge is 0.481 e. The van der Waals surface area contributed by atoms with Crippen molar-refractivity contribution in [2.75, 3.05) is 19.6 Å². The monoisotopic (exact) mass is 624 g/mol.